The van der Waals surface area contributed by atoms with E-state index in [1.165, 1.54) is 18.4 Å². The van der Waals surface area contributed by atoms with Crippen molar-refractivity contribution in [3.63, 3.8) is 0 Å². The number of pyridine rings is 1. The van der Waals surface area contributed by atoms with Gasteiger partial charge in [-0.15, -0.1) is 0 Å². The third-order valence-corrected chi connectivity index (χ3v) is 4.03. The Bertz CT molecular complexity index is 908. The van der Waals surface area contributed by atoms with E-state index >= 15 is 0 Å². The quantitative estimate of drug-likeness (QED) is 0.498. The van der Waals surface area contributed by atoms with Crippen LogP contribution < -0.4 is 0 Å². The molecule has 1 amide bonds. The second kappa shape index (κ2) is 7.60. The van der Waals surface area contributed by atoms with E-state index in [0.717, 1.165) is 5.69 Å². The summed E-state index contributed by atoms with van der Waals surface area (Å²) in [5, 5.41) is 11.2. The van der Waals surface area contributed by atoms with Gasteiger partial charge < -0.3 is 9.32 Å². The normalized spacial score (nSPS) is 10.5. The van der Waals surface area contributed by atoms with Crippen LogP contribution in [0.15, 0.2) is 65.4 Å². The van der Waals surface area contributed by atoms with Gasteiger partial charge in [0.2, 0.25) is 0 Å². The molecule has 0 aliphatic rings. The zero-order valence-corrected chi connectivity index (χ0v) is 14.2. The highest BCUT2D eigenvalue weighted by atomic mass is 16.6. The second-order valence-corrected chi connectivity index (χ2v) is 5.77. The first-order valence-corrected chi connectivity index (χ1v) is 8.02. The molecule has 1 aromatic carbocycles. The van der Waals surface area contributed by atoms with Crippen LogP contribution in [0, 0.1) is 17.0 Å². The van der Waals surface area contributed by atoms with E-state index in [4.69, 9.17) is 4.42 Å². The minimum absolute atomic E-state index is 0.0772. The SMILES string of the molecule is Cc1c(C(=O)N(Cc2ccccn2)Cc2ccco2)cccc1[N+](=O)[O-]. The molecular formula is C19H17N3O4. The molecule has 0 aliphatic carbocycles. The lowest BCUT2D eigenvalue weighted by atomic mass is 10.1. The van der Waals surface area contributed by atoms with E-state index in [2.05, 4.69) is 4.98 Å². The molecule has 0 fully saturated rings. The van der Waals surface area contributed by atoms with Crippen LogP contribution in [0.3, 0.4) is 0 Å². The van der Waals surface area contributed by atoms with Gasteiger partial charge in [0.15, 0.2) is 0 Å². The Balaban J connectivity index is 1.94. The highest BCUT2D eigenvalue weighted by Crippen LogP contribution is 2.23. The van der Waals surface area contributed by atoms with E-state index in [1.807, 2.05) is 12.1 Å². The van der Waals surface area contributed by atoms with Crippen LogP contribution in [0.4, 0.5) is 5.69 Å². The van der Waals surface area contributed by atoms with Crippen LogP contribution >= 0.6 is 0 Å². The number of amides is 1. The van der Waals surface area contributed by atoms with Gasteiger partial charge in [-0.1, -0.05) is 12.1 Å². The summed E-state index contributed by atoms with van der Waals surface area (Å²) >= 11 is 0. The second-order valence-electron chi connectivity index (χ2n) is 5.77. The lowest BCUT2D eigenvalue weighted by Crippen LogP contribution is -2.31. The van der Waals surface area contributed by atoms with E-state index in [1.54, 1.807) is 42.3 Å². The first kappa shape index (κ1) is 17.3. The van der Waals surface area contributed by atoms with Gasteiger partial charge in [0.25, 0.3) is 11.6 Å². The highest BCUT2D eigenvalue weighted by molar-refractivity contribution is 5.96. The predicted molar refractivity (Wildman–Crippen MR) is 94.4 cm³/mol. The summed E-state index contributed by atoms with van der Waals surface area (Å²) in [5.74, 6) is 0.311. The molecule has 132 valence electrons. The number of rotatable bonds is 6. The van der Waals surface area contributed by atoms with E-state index in [9.17, 15) is 14.9 Å². The maximum absolute atomic E-state index is 13.1. The van der Waals surface area contributed by atoms with Crippen molar-refractivity contribution in [3.8, 4) is 0 Å². The maximum atomic E-state index is 13.1. The molecule has 26 heavy (non-hydrogen) atoms. The van der Waals surface area contributed by atoms with Crippen LogP contribution in [-0.2, 0) is 13.1 Å². The Hall–Kier alpha value is -3.48. The van der Waals surface area contributed by atoms with Crippen LogP contribution in [0.2, 0.25) is 0 Å². The number of hydrogen-bond donors (Lipinski definition) is 0. The number of carbonyl (C=O) groups excluding carboxylic acids is 1. The Morgan fingerprint density at radius 1 is 1.15 bits per heavy atom. The molecular weight excluding hydrogens is 334 g/mol. The summed E-state index contributed by atoms with van der Waals surface area (Å²) in [4.78, 5) is 29.6. The van der Waals surface area contributed by atoms with Crippen LogP contribution in [0.25, 0.3) is 0 Å². The van der Waals surface area contributed by atoms with Gasteiger partial charge in [-0.3, -0.25) is 19.9 Å². The Labute approximate surface area is 150 Å². The van der Waals surface area contributed by atoms with Crippen LogP contribution in [0.5, 0.6) is 0 Å². The molecule has 0 radical (unpaired) electrons. The Morgan fingerprint density at radius 3 is 2.65 bits per heavy atom. The van der Waals surface area contributed by atoms with Gasteiger partial charge >= 0.3 is 0 Å². The number of aromatic nitrogens is 1. The topological polar surface area (TPSA) is 89.5 Å². The Morgan fingerprint density at radius 2 is 2.00 bits per heavy atom. The summed E-state index contributed by atoms with van der Waals surface area (Å²) in [6, 6.07) is 13.5. The van der Waals surface area contributed by atoms with Crippen molar-refractivity contribution in [1.82, 2.24) is 9.88 Å². The monoisotopic (exact) mass is 351 g/mol. The van der Waals surface area contributed by atoms with Crippen molar-refractivity contribution in [2.45, 2.75) is 20.0 Å². The van der Waals surface area contributed by atoms with Crippen molar-refractivity contribution in [2.75, 3.05) is 0 Å². The number of benzene rings is 1. The fourth-order valence-corrected chi connectivity index (χ4v) is 2.70. The van der Waals surface area contributed by atoms with Crippen LogP contribution in [-0.4, -0.2) is 20.7 Å². The van der Waals surface area contributed by atoms with Crippen molar-refractivity contribution >= 4 is 11.6 Å². The number of carbonyl (C=O) groups is 1. The fraction of sp³-hybridized carbons (Fsp3) is 0.158. The van der Waals surface area contributed by atoms with Crippen molar-refractivity contribution in [3.05, 3.63) is 93.7 Å². The third kappa shape index (κ3) is 3.77. The molecule has 2 heterocycles. The van der Waals surface area contributed by atoms with E-state index < -0.39 is 4.92 Å². The molecule has 0 N–H and O–H groups in total. The fourth-order valence-electron chi connectivity index (χ4n) is 2.70. The van der Waals surface area contributed by atoms with Crippen molar-refractivity contribution in [2.24, 2.45) is 0 Å². The molecule has 0 saturated carbocycles. The number of hydrogen-bond acceptors (Lipinski definition) is 5. The summed E-state index contributed by atoms with van der Waals surface area (Å²) in [5.41, 5.74) is 1.27. The molecule has 0 atom stereocenters. The summed E-state index contributed by atoms with van der Waals surface area (Å²) < 4.78 is 5.36. The minimum Gasteiger partial charge on any atom is -0.467 e. The van der Waals surface area contributed by atoms with Gasteiger partial charge in [0.05, 0.1) is 30.0 Å². The Kier molecular flexibility index (Phi) is 5.07. The average molecular weight is 351 g/mol. The molecule has 0 saturated heterocycles. The molecule has 0 spiro atoms. The lowest BCUT2D eigenvalue weighted by molar-refractivity contribution is -0.385. The van der Waals surface area contributed by atoms with Gasteiger partial charge in [0.1, 0.15) is 5.76 Å². The largest absolute Gasteiger partial charge is 0.467 e. The third-order valence-electron chi connectivity index (χ3n) is 4.03. The van der Waals surface area contributed by atoms with Gasteiger partial charge in [0, 0.05) is 23.4 Å². The average Bonchev–Trinajstić information content (AvgIpc) is 3.14. The molecule has 7 nitrogen and oxygen atoms in total. The molecule has 0 bridgehead atoms. The number of furan rings is 1. The minimum atomic E-state index is -0.484. The molecule has 0 aliphatic heterocycles. The summed E-state index contributed by atoms with van der Waals surface area (Å²) in [6.45, 7) is 2.09. The van der Waals surface area contributed by atoms with Gasteiger partial charge in [-0.2, -0.15) is 0 Å². The van der Waals surface area contributed by atoms with Gasteiger partial charge in [-0.25, -0.2) is 0 Å². The number of nitro benzene ring substituents is 1. The van der Waals surface area contributed by atoms with Gasteiger partial charge in [-0.05, 0) is 37.3 Å². The smallest absolute Gasteiger partial charge is 0.273 e. The molecule has 3 aromatic rings. The van der Waals surface area contributed by atoms with Crippen LogP contribution in [0.1, 0.15) is 27.4 Å². The summed E-state index contributed by atoms with van der Waals surface area (Å²) in [7, 11) is 0. The summed E-state index contributed by atoms with van der Waals surface area (Å²) in [6.07, 6.45) is 3.20. The maximum Gasteiger partial charge on any atom is 0.273 e. The zero-order valence-electron chi connectivity index (χ0n) is 14.2. The molecule has 2 aromatic heterocycles. The molecule has 7 heteroatoms. The first-order valence-electron chi connectivity index (χ1n) is 8.02. The van der Waals surface area contributed by atoms with E-state index in [-0.39, 0.29) is 24.7 Å². The lowest BCUT2D eigenvalue weighted by Gasteiger charge is -2.22. The zero-order chi connectivity index (χ0) is 18.5. The predicted octanol–water partition coefficient (Wildman–Crippen LogP) is 3.73. The number of nitrogens with zero attached hydrogens (tertiary/aromatic N) is 3. The van der Waals surface area contributed by atoms with Crippen molar-refractivity contribution < 1.29 is 14.1 Å². The molecule has 0 unspecified atom stereocenters. The first-order chi connectivity index (χ1) is 12.6. The molecule has 3 rings (SSSR count). The number of nitro groups is 1. The van der Waals surface area contributed by atoms with Crippen molar-refractivity contribution in [1.29, 1.82) is 0 Å². The van der Waals surface area contributed by atoms with E-state index in [0.29, 0.717) is 16.9 Å². The standard InChI is InChI=1S/C19H17N3O4/c1-14-17(8-4-9-18(14)22(24)25)19(23)21(13-16-7-5-11-26-16)12-15-6-2-3-10-20-15/h2-11H,12-13H2,1H3. The highest BCUT2D eigenvalue weighted by Gasteiger charge is 2.23.